The van der Waals surface area contributed by atoms with Crippen LogP contribution >= 0.6 is 22.6 Å². The van der Waals surface area contributed by atoms with Gasteiger partial charge in [0, 0.05) is 6.20 Å². The largest absolute Gasteiger partial charge is 0.391 e. The van der Waals surface area contributed by atoms with Gasteiger partial charge in [0.15, 0.2) is 0 Å². The molecule has 1 aromatic rings. The lowest BCUT2D eigenvalue weighted by Gasteiger charge is -2.14. The van der Waals surface area contributed by atoms with E-state index in [1.807, 2.05) is 13.1 Å². The van der Waals surface area contributed by atoms with Gasteiger partial charge in [-0.05, 0) is 36.4 Å². The summed E-state index contributed by atoms with van der Waals surface area (Å²) in [5.41, 5.74) is 0. The molecule has 0 saturated heterocycles. The highest BCUT2D eigenvalue weighted by Gasteiger charge is 2.10. The van der Waals surface area contributed by atoms with Crippen LogP contribution in [0.15, 0.2) is 12.4 Å². The van der Waals surface area contributed by atoms with Crippen LogP contribution in [-0.4, -0.2) is 21.0 Å². The van der Waals surface area contributed by atoms with Gasteiger partial charge in [0.2, 0.25) is 0 Å². The van der Waals surface area contributed by atoms with E-state index in [9.17, 15) is 5.11 Å². The van der Waals surface area contributed by atoms with Crippen LogP contribution in [0.25, 0.3) is 0 Å². The molecule has 0 radical (unpaired) electrons. The Kier molecular flexibility index (Phi) is 2.89. The standard InChI is InChI=1S/C7H11IN2O/c1-5(6(2)11)10-4-7(8)3-9-10/h3-6,11H,1-2H3. The van der Waals surface area contributed by atoms with Crippen molar-refractivity contribution in [1.29, 1.82) is 0 Å². The van der Waals surface area contributed by atoms with Crippen molar-refractivity contribution in [3.63, 3.8) is 0 Å². The third-order valence-electron chi connectivity index (χ3n) is 1.69. The van der Waals surface area contributed by atoms with Crippen LogP contribution in [0.2, 0.25) is 0 Å². The molecule has 1 rings (SSSR count). The molecule has 0 aliphatic rings. The van der Waals surface area contributed by atoms with Gasteiger partial charge in [-0.25, -0.2) is 0 Å². The third-order valence-corrected chi connectivity index (χ3v) is 2.24. The first-order chi connectivity index (χ1) is 5.11. The third kappa shape index (κ3) is 2.16. The fourth-order valence-corrected chi connectivity index (χ4v) is 1.17. The smallest absolute Gasteiger partial charge is 0.0747 e. The lowest BCUT2D eigenvalue weighted by atomic mass is 10.2. The Morgan fingerprint density at radius 3 is 2.64 bits per heavy atom. The average molecular weight is 266 g/mol. The molecule has 0 spiro atoms. The molecule has 4 heteroatoms. The van der Waals surface area contributed by atoms with E-state index in [1.54, 1.807) is 17.8 Å². The van der Waals surface area contributed by atoms with E-state index < -0.39 is 0 Å². The predicted molar refractivity (Wildman–Crippen MR) is 51.3 cm³/mol. The van der Waals surface area contributed by atoms with Gasteiger partial charge in [0.05, 0.1) is 21.9 Å². The molecule has 1 N–H and O–H groups in total. The van der Waals surface area contributed by atoms with Crippen molar-refractivity contribution in [2.45, 2.75) is 26.0 Å². The van der Waals surface area contributed by atoms with Crippen molar-refractivity contribution < 1.29 is 5.11 Å². The van der Waals surface area contributed by atoms with Gasteiger partial charge in [-0.1, -0.05) is 0 Å². The molecule has 0 aliphatic heterocycles. The van der Waals surface area contributed by atoms with Crippen molar-refractivity contribution in [2.24, 2.45) is 0 Å². The van der Waals surface area contributed by atoms with Gasteiger partial charge in [-0.15, -0.1) is 0 Å². The number of rotatable bonds is 2. The molecule has 2 atom stereocenters. The van der Waals surface area contributed by atoms with E-state index in [1.165, 1.54) is 0 Å². The summed E-state index contributed by atoms with van der Waals surface area (Å²) in [5, 5.41) is 13.3. The van der Waals surface area contributed by atoms with Crippen molar-refractivity contribution in [2.75, 3.05) is 0 Å². The normalized spacial score (nSPS) is 16.4. The zero-order valence-corrected chi connectivity index (χ0v) is 8.69. The maximum absolute atomic E-state index is 9.22. The summed E-state index contributed by atoms with van der Waals surface area (Å²) in [4.78, 5) is 0. The van der Waals surface area contributed by atoms with E-state index in [2.05, 4.69) is 27.7 Å². The minimum atomic E-state index is -0.356. The molecule has 0 aromatic carbocycles. The number of aliphatic hydroxyl groups is 1. The number of halogens is 1. The van der Waals surface area contributed by atoms with Crippen LogP contribution in [0.1, 0.15) is 19.9 Å². The maximum atomic E-state index is 9.22. The number of hydrogen-bond acceptors (Lipinski definition) is 2. The van der Waals surface area contributed by atoms with Crippen molar-refractivity contribution in [3.05, 3.63) is 16.0 Å². The quantitative estimate of drug-likeness (QED) is 0.822. The highest BCUT2D eigenvalue weighted by atomic mass is 127. The summed E-state index contributed by atoms with van der Waals surface area (Å²) in [6.07, 6.45) is 3.34. The van der Waals surface area contributed by atoms with Crippen LogP contribution < -0.4 is 0 Å². The van der Waals surface area contributed by atoms with Crippen molar-refractivity contribution >= 4 is 22.6 Å². The summed E-state index contributed by atoms with van der Waals surface area (Å²) < 4.78 is 2.86. The van der Waals surface area contributed by atoms with Gasteiger partial charge in [0.25, 0.3) is 0 Å². The second kappa shape index (κ2) is 3.53. The predicted octanol–water partition coefficient (Wildman–Crippen LogP) is 1.43. The molecule has 11 heavy (non-hydrogen) atoms. The Morgan fingerprint density at radius 1 is 1.64 bits per heavy atom. The first-order valence-corrected chi connectivity index (χ1v) is 4.57. The molecule has 1 aromatic heterocycles. The minimum Gasteiger partial charge on any atom is -0.391 e. The molecule has 1 heterocycles. The van der Waals surface area contributed by atoms with Gasteiger partial charge in [-0.2, -0.15) is 5.10 Å². The molecule has 0 saturated carbocycles. The molecule has 0 fully saturated rings. The fraction of sp³-hybridized carbons (Fsp3) is 0.571. The first-order valence-electron chi connectivity index (χ1n) is 3.49. The fourth-order valence-electron chi connectivity index (χ4n) is 0.759. The van der Waals surface area contributed by atoms with Crippen LogP contribution in [-0.2, 0) is 0 Å². The van der Waals surface area contributed by atoms with Gasteiger partial charge >= 0.3 is 0 Å². The first kappa shape index (κ1) is 8.99. The Labute approximate surface area is 79.6 Å². The molecular formula is C7H11IN2O. The lowest BCUT2D eigenvalue weighted by molar-refractivity contribution is 0.132. The van der Waals surface area contributed by atoms with Crippen LogP contribution in [0.3, 0.4) is 0 Å². The molecule has 2 unspecified atom stereocenters. The van der Waals surface area contributed by atoms with Crippen molar-refractivity contribution in [3.8, 4) is 0 Å². The summed E-state index contributed by atoms with van der Waals surface area (Å²) >= 11 is 2.19. The topological polar surface area (TPSA) is 38.0 Å². The monoisotopic (exact) mass is 266 g/mol. The average Bonchev–Trinajstić information content (AvgIpc) is 2.34. The summed E-state index contributed by atoms with van der Waals surface area (Å²) in [6.45, 7) is 3.70. The Bertz CT molecular complexity index is 234. The number of aromatic nitrogens is 2. The van der Waals surface area contributed by atoms with E-state index in [4.69, 9.17) is 0 Å². The van der Waals surface area contributed by atoms with Crippen LogP contribution in [0.4, 0.5) is 0 Å². The van der Waals surface area contributed by atoms with E-state index >= 15 is 0 Å². The van der Waals surface area contributed by atoms with Gasteiger partial charge in [0.1, 0.15) is 0 Å². The molecule has 62 valence electrons. The maximum Gasteiger partial charge on any atom is 0.0747 e. The summed E-state index contributed by atoms with van der Waals surface area (Å²) in [7, 11) is 0. The molecule has 0 aliphatic carbocycles. The number of nitrogens with zero attached hydrogens (tertiary/aromatic N) is 2. The van der Waals surface area contributed by atoms with E-state index in [0.717, 1.165) is 3.57 Å². The molecular weight excluding hydrogens is 255 g/mol. The van der Waals surface area contributed by atoms with Crippen LogP contribution in [0, 0.1) is 3.57 Å². The van der Waals surface area contributed by atoms with Gasteiger partial charge < -0.3 is 5.11 Å². The SMILES string of the molecule is CC(O)C(C)n1cc(I)cn1. The Hall–Kier alpha value is -0.100. The Morgan fingerprint density at radius 2 is 2.27 bits per heavy atom. The van der Waals surface area contributed by atoms with Crippen molar-refractivity contribution in [1.82, 2.24) is 9.78 Å². The summed E-state index contributed by atoms with van der Waals surface area (Å²) in [5.74, 6) is 0. The second-order valence-electron chi connectivity index (χ2n) is 2.62. The molecule has 0 bridgehead atoms. The number of hydrogen-bond donors (Lipinski definition) is 1. The highest BCUT2D eigenvalue weighted by molar-refractivity contribution is 14.1. The minimum absolute atomic E-state index is 0.0542. The molecule has 3 nitrogen and oxygen atoms in total. The molecule has 0 amide bonds. The zero-order chi connectivity index (χ0) is 8.43. The summed E-state index contributed by atoms with van der Waals surface area (Å²) in [6, 6.07) is 0.0542. The second-order valence-corrected chi connectivity index (χ2v) is 3.87. The van der Waals surface area contributed by atoms with Gasteiger partial charge in [-0.3, -0.25) is 4.68 Å². The van der Waals surface area contributed by atoms with Crippen LogP contribution in [0.5, 0.6) is 0 Å². The lowest BCUT2D eigenvalue weighted by Crippen LogP contribution is -2.18. The number of aliphatic hydroxyl groups excluding tert-OH is 1. The zero-order valence-electron chi connectivity index (χ0n) is 6.53. The Balaban J connectivity index is 2.76. The van der Waals surface area contributed by atoms with E-state index in [-0.39, 0.29) is 12.1 Å². The highest BCUT2D eigenvalue weighted by Crippen LogP contribution is 2.11. The van der Waals surface area contributed by atoms with E-state index in [0.29, 0.717) is 0 Å².